The third-order valence-corrected chi connectivity index (χ3v) is 5.58. The fourth-order valence-electron chi connectivity index (χ4n) is 2.93. The number of benzene rings is 2. The van der Waals surface area contributed by atoms with Crippen molar-refractivity contribution in [1.82, 2.24) is 4.90 Å². The Morgan fingerprint density at radius 2 is 1.88 bits per heavy atom. The van der Waals surface area contributed by atoms with Crippen molar-refractivity contribution in [1.29, 1.82) is 0 Å². The molecule has 3 rings (SSSR count). The molecule has 2 amide bonds. The number of urea groups is 1. The summed E-state index contributed by atoms with van der Waals surface area (Å²) in [5, 5.41) is 2.65. The number of nitrogens with one attached hydrogen (secondary N) is 1. The first kappa shape index (κ1) is 18.6. The van der Waals surface area contributed by atoms with Gasteiger partial charge >= 0.3 is 12.2 Å². The van der Waals surface area contributed by atoms with Crippen LogP contribution in [0.5, 0.6) is 0 Å². The Morgan fingerprint density at radius 1 is 1.19 bits per heavy atom. The number of hydrogen-bond acceptors (Lipinski definition) is 2. The number of carbonyl (C=O) groups is 1. The average Bonchev–Trinajstić information content (AvgIpc) is 3.11. The molecular weight excluding hydrogens is 361 g/mol. The van der Waals surface area contributed by atoms with Gasteiger partial charge in [0.25, 0.3) is 0 Å². The van der Waals surface area contributed by atoms with Crippen LogP contribution in [0.2, 0.25) is 0 Å². The van der Waals surface area contributed by atoms with Gasteiger partial charge in [0, 0.05) is 18.0 Å². The van der Waals surface area contributed by atoms with E-state index in [9.17, 15) is 18.0 Å². The van der Waals surface area contributed by atoms with Gasteiger partial charge in [0.2, 0.25) is 0 Å². The number of rotatable bonds is 3. The molecule has 1 fully saturated rings. The minimum Gasteiger partial charge on any atom is -0.308 e. The molecule has 1 aliphatic rings. The quantitative estimate of drug-likeness (QED) is 0.757. The van der Waals surface area contributed by atoms with E-state index in [0.29, 0.717) is 12.1 Å². The lowest BCUT2D eigenvalue weighted by atomic mass is 10.1. The van der Waals surface area contributed by atoms with E-state index in [-0.39, 0.29) is 11.4 Å². The molecule has 0 aromatic heterocycles. The molecule has 138 valence electrons. The zero-order chi connectivity index (χ0) is 18.7. The highest BCUT2D eigenvalue weighted by Gasteiger charge is 2.33. The molecule has 2 aromatic rings. The van der Waals surface area contributed by atoms with Crippen LogP contribution in [0, 0.1) is 0 Å². The Kier molecular flexibility index (Phi) is 5.46. The number of hydrogen-bond donors (Lipinski definition) is 1. The molecule has 0 radical (unpaired) electrons. The Morgan fingerprint density at radius 3 is 2.54 bits per heavy atom. The SMILES string of the molecule is CCc1ccccc1NC(=O)N1CCSC1c1ccc(C(F)(F)F)cc1. The maximum atomic E-state index is 12.7. The lowest BCUT2D eigenvalue weighted by Gasteiger charge is -2.25. The highest BCUT2D eigenvalue weighted by atomic mass is 32.2. The standard InChI is InChI=1S/C19H19F3N2OS/c1-2-13-5-3-4-6-16(13)23-18(25)24-11-12-26-17(24)14-7-9-15(10-8-14)19(20,21)22/h3-10,17H,2,11-12H2,1H3,(H,23,25). The summed E-state index contributed by atoms with van der Waals surface area (Å²) in [7, 11) is 0. The third-order valence-electron chi connectivity index (χ3n) is 4.31. The van der Waals surface area contributed by atoms with Gasteiger partial charge in [-0.3, -0.25) is 0 Å². The van der Waals surface area contributed by atoms with E-state index in [1.807, 2.05) is 31.2 Å². The monoisotopic (exact) mass is 380 g/mol. The first-order chi connectivity index (χ1) is 12.4. The zero-order valence-electron chi connectivity index (χ0n) is 14.2. The van der Waals surface area contributed by atoms with Crippen LogP contribution in [0.3, 0.4) is 0 Å². The minimum absolute atomic E-state index is 0.235. The van der Waals surface area contributed by atoms with Crippen LogP contribution >= 0.6 is 11.8 Å². The van der Waals surface area contributed by atoms with Crippen molar-refractivity contribution < 1.29 is 18.0 Å². The van der Waals surface area contributed by atoms with E-state index in [0.717, 1.165) is 35.6 Å². The normalized spacial score (nSPS) is 17.4. The molecular formula is C19H19F3N2OS. The van der Waals surface area contributed by atoms with Crippen molar-refractivity contribution in [3.05, 3.63) is 65.2 Å². The van der Waals surface area contributed by atoms with Crippen LogP contribution in [-0.2, 0) is 12.6 Å². The van der Waals surface area contributed by atoms with Gasteiger partial charge in [-0.15, -0.1) is 11.8 Å². The van der Waals surface area contributed by atoms with Crippen LogP contribution in [-0.4, -0.2) is 23.2 Å². The average molecular weight is 380 g/mol. The van der Waals surface area contributed by atoms with Crippen molar-refractivity contribution in [3.8, 4) is 0 Å². The molecule has 1 unspecified atom stereocenters. The summed E-state index contributed by atoms with van der Waals surface area (Å²) >= 11 is 1.55. The third kappa shape index (κ3) is 3.98. The van der Waals surface area contributed by atoms with Crippen molar-refractivity contribution in [3.63, 3.8) is 0 Å². The van der Waals surface area contributed by atoms with Gasteiger partial charge in [0.15, 0.2) is 0 Å². The number of anilines is 1. The Labute approximate surface area is 154 Å². The summed E-state index contributed by atoms with van der Waals surface area (Å²) in [6, 6.07) is 12.4. The second-order valence-corrected chi connectivity index (χ2v) is 7.17. The van der Waals surface area contributed by atoms with Crippen LogP contribution < -0.4 is 5.32 Å². The van der Waals surface area contributed by atoms with Gasteiger partial charge in [-0.05, 0) is 35.7 Å². The smallest absolute Gasteiger partial charge is 0.308 e. The van der Waals surface area contributed by atoms with E-state index < -0.39 is 11.7 Å². The molecule has 2 aromatic carbocycles. The van der Waals surface area contributed by atoms with Gasteiger partial charge in [-0.2, -0.15) is 13.2 Å². The van der Waals surface area contributed by atoms with Gasteiger partial charge in [0.05, 0.1) is 5.56 Å². The number of nitrogens with zero attached hydrogens (tertiary/aromatic N) is 1. The molecule has 0 aliphatic carbocycles. The second kappa shape index (κ2) is 7.61. The lowest BCUT2D eigenvalue weighted by molar-refractivity contribution is -0.137. The molecule has 1 aliphatic heterocycles. The van der Waals surface area contributed by atoms with Gasteiger partial charge in [-0.1, -0.05) is 37.3 Å². The topological polar surface area (TPSA) is 32.3 Å². The molecule has 1 saturated heterocycles. The first-order valence-electron chi connectivity index (χ1n) is 8.34. The fraction of sp³-hybridized carbons (Fsp3) is 0.316. The molecule has 0 bridgehead atoms. The summed E-state index contributed by atoms with van der Waals surface area (Å²) in [4.78, 5) is 14.4. The summed E-state index contributed by atoms with van der Waals surface area (Å²) in [6.45, 7) is 2.57. The van der Waals surface area contributed by atoms with Crippen molar-refractivity contribution >= 4 is 23.5 Å². The fourth-order valence-corrected chi connectivity index (χ4v) is 4.18. The Bertz CT molecular complexity index is 777. The number of aryl methyl sites for hydroxylation is 1. The van der Waals surface area contributed by atoms with Crippen molar-refractivity contribution in [2.75, 3.05) is 17.6 Å². The molecule has 1 heterocycles. The van der Waals surface area contributed by atoms with Crippen molar-refractivity contribution in [2.24, 2.45) is 0 Å². The van der Waals surface area contributed by atoms with Crippen LogP contribution in [0.1, 0.15) is 29.0 Å². The Hall–Kier alpha value is -2.15. The van der Waals surface area contributed by atoms with Crippen LogP contribution in [0.15, 0.2) is 48.5 Å². The summed E-state index contributed by atoms with van der Waals surface area (Å²) in [5.41, 5.74) is 1.82. The molecule has 26 heavy (non-hydrogen) atoms. The van der Waals surface area contributed by atoms with E-state index in [4.69, 9.17) is 0 Å². The van der Waals surface area contributed by atoms with Gasteiger partial charge in [-0.25, -0.2) is 4.79 Å². The predicted molar refractivity (Wildman–Crippen MR) is 98.2 cm³/mol. The van der Waals surface area contributed by atoms with Gasteiger partial charge in [0.1, 0.15) is 5.37 Å². The van der Waals surface area contributed by atoms with Gasteiger partial charge < -0.3 is 10.2 Å². The second-order valence-electron chi connectivity index (χ2n) is 5.98. The maximum Gasteiger partial charge on any atom is 0.416 e. The number of para-hydroxylation sites is 1. The Balaban J connectivity index is 1.76. The maximum absolute atomic E-state index is 12.7. The number of halogens is 3. The van der Waals surface area contributed by atoms with E-state index in [1.54, 1.807) is 16.7 Å². The highest BCUT2D eigenvalue weighted by molar-refractivity contribution is 7.99. The molecule has 7 heteroatoms. The highest BCUT2D eigenvalue weighted by Crippen LogP contribution is 2.39. The summed E-state index contributed by atoms with van der Waals surface area (Å²) in [6.07, 6.45) is -3.56. The molecule has 1 atom stereocenters. The van der Waals surface area contributed by atoms with E-state index in [1.165, 1.54) is 12.1 Å². The van der Waals surface area contributed by atoms with E-state index in [2.05, 4.69) is 5.32 Å². The molecule has 0 saturated carbocycles. The van der Waals surface area contributed by atoms with Crippen LogP contribution in [0.4, 0.5) is 23.7 Å². The number of alkyl halides is 3. The zero-order valence-corrected chi connectivity index (χ0v) is 15.0. The number of amides is 2. The van der Waals surface area contributed by atoms with Crippen LogP contribution in [0.25, 0.3) is 0 Å². The predicted octanol–water partition coefficient (Wildman–Crippen LogP) is 5.55. The summed E-state index contributed by atoms with van der Waals surface area (Å²) < 4.78 is 38.2. The first-order valence-corrected chi connectivity index (χ1v) is 9.39. The molecule has 0 spiro atoms. The number of thioether (sulfide) groups is 1. The number of carbonyl (C=O) groups excluding carboxylic acids is 1. The minimum atomic E-state index is -4.36. The van der Waals surface area contributed by atoms with E-state index >= 15 is 0 Å². The largest absolute Gasteiger partial charge is 0.416 e. The molecule has 1 N–H and O–H groups in total. The summed E-state index contributed by atoms with van der Waals surface area (Å²) in [5.74, 6) is 0.745. The molecule has 3 nitrogen and oxygen atoms in total. The lowest BCUT2D eigenvalue weighted by Crippen LogP contribution is -2.34. The van der Waals surface area contributed by atoms with Crippen molar-refractivity contribution in [2.45, 2.75) is 24.9 Å².